The molecule has 0 atom stereocenters. The van der Waals surface area contributed by atoms with Crippen molar-refractivity contribution in [1.82, 2.24) is 4.98 Å². The van der Waals surface area contributed by atoms with Crippen LogP contribution in [0.3, 0.4) is 0 Å². The van der Waals surface area contributed by atoms with Crippen LogP contribution in [0.2, 0.25) is 0 Å². The van der Waals surface area contributed by atoms with Crippen LogP contribution >= 0.6 is 0 Å². The Hall–Kier alpha value is -1.00. The maximum absolute atomic E-state index is 12.6. The molecule has 1 aromatic heterocycles. The van der Waals surface area contributed by atoms with E-state index in [4.69, 9.17) is 9.84 Å². The minimum absolute atomic E-state index is 0.195. The molecule has 0 saturated heterocycles. The molecule has 0 aliphatic rings. The Labute approximate surface area is 69.8 Å². The van der Waals surface area contributed by atoms with Crippen molar-refractivity contribution in [1.29, 1.82) is 0 Å². The molecule has 0 spiro atoms. The number of ether oxygens (including phenoxy) is 1. The second-order valence-corrected chi connectivity index (χ2v) is 2.35. The molecule has 12 heavy (non-hydrogen) atoms. The molecule has 3 nitrogen and oxygen atoms in total. The van der Waals surface area contributed by atoms with Gasteiger partial charge in [0.05, 0.1) is 25.1 Å². The van der Waals surface area contributed by atoms with Gasteiger partial charge in [0.25, 0.3) is 0 Å². The van der Waals surface area contributed by atoms with E-state index in [-0.39, 0.29) is 13.2 Å². The fraction of sp³-hybridized carbons (Fsp3) is 0.375. The smallest absolute Gasteiger partial charge is 0.141 e. The number of nitrogens with zero attached hydrogens (tertiary/aromatic N) is 1. The Balaban J connectivity index is 2.95. The summed E-state index contributed by atoms with van der Waals surface area (Å²) in [6.45, 7) is 0.0691. The minimum atomic E-state index is -0.417. The Morgan fingerprint density at radius 3 is 3.00 bits per heavy atom. The van der Waals surface area contributed by atoms with E-state index in [2.05, 4.69) is 4.98 Å². The number of hydrogen-bond acceptors (Lipinski definition) is 3. The number of rotatable bonds is 3. The molecule has 66 valence electrons. The summed E-state index contributed by atoms with van der Waals surface area (Å²) in [5, 5.41) is 8.80. The molecule has 0 aliphatic carbocycles. The van der Waals surface area contributed by atoms with E-state index < -0.39 is 5.82 Å². The predicted molar refractivity (Wildman–Crippen MR) is 40.8 cm³/mol. The number of pyridine rings is 1. The Bertz CT molecular complexity index is 265. The van der Waals surface area contributed by atoms with E-state index in [0.29, 0.717) is 11.3 Å². The molecule has 0 aliphatic heterocycles. The molecule has 0 saturated carbocycles. The van der Waals surface area contributed by atoms with Gasteiger partial charge in [0.15, 0.2) is 0 Å². The molecule has 0 amide bonds. The van der Waals surface area contributed by atoms with Crippen LogP contribution in [-0.4, -0.2) is 17.2 Å². The number of hydrogen-bond donors (Lipinski definition) is 1. The van der Waals surface area contributed by atoms with E-state index in [9.17, 15) is 4.39 Å². The summed E-state index contributed by atoms with van der Waals surface area (Å²) in [5.74, 6) is -0.417. The minimum Gasteiger partial charge on any atom is -0.390 e. The highest BCUT2D eigenvalue weighted by Crippen LogP contribution is 2.08. The molecule has 4 heteroatoms. The third-order valence-corrected chi connectivity index (χ3v) is 1.48. The molecule has 0 radical (unpaired) electrons. The summed E-state index contributed by atoms with van der Waals surface area (Å²) < 4.78 is 17.4. The van der Waals surface area contributed by atoms with E-state index in [1.807, 2.05) is 0 Å². The van der Waals surface area contributed by atoms with Crippen LogP contribution in [0.4, 0.5) is 4.39 Å². The molecule has 0 unspecified atom stereocenters. The monoisotopic (exact) mass is 171 g/mol. The van der Waals surface area contributed by atoms with Gasteiger partial charge in [0.2, 0.25) is 0 Å². The van der Waals surface area contributed by atoms with E-state index in [1.165, 1.54) is 13.2 Å². The average molecular weight is 171 g/mol. The van der Waals surface area contributed by atoms with Crippen LogP contribution in [0.25, 0.3) is 0 Å². The number of aliphatic hydroxyl groups is 1. The van der Waals surface area contributed by atoms with Crippen molar-refractivity contribution in [2.45, 2.75) is 13.2 Å². The van der Waals surface area contributed by atoms with Crippen LogP contribution < -0.4 is 0 Å². The zero-order chi connectivity index (χ0) is 8.97. The fourth-order valence-electron chi connectivity index (χ4n) is 0.932. The highest BCUT2D eigenvalue weighted by atomic mass is 19.1. The average Bonchev–Trinajstić information content (AvgIpc) is 2.05. The highest BCUT2D eigenvalue weighted by Gasteiger charge is 2.03. The summed E-state index contributed by atoms with van der Waals surface area (Å²) in [5.41, 5.74) is 1.04. The second kappa shape index (κ2) is 4.13. The topological polar surface area (TPSA) is 42.4 Å². The van der Waals surface area contributed by atoms with Crippen LogP contribution in [-0.2, 0) is 18.0 Å². The quantitative estimate of drug-likeness (QED) is 0.733. The first-order chi connectivity index (χ1) is 5.77. The first-order valence-electron chi connectivity index (χ1n) is 3.51. The van der Waals surface area contributed by atoms with Gasteiger partial charge in [-0.15, -0.1) is 0 Å². The lowest BCUT2D eigenvalue weighted by Gasteiger charge is -2.04. The van der Waals surface area contributed by atoms with Crippen molar-refractivity contribution in [3.05, 3.63) is 29.3 Å². The maximum Gasteiger partial charge on any atom is 0.141 e. The summed E-state index contributed by atoms with van der Waals surface area (Å²) in [7, 11) is 1.51. The number of halogens is 1. The zero-order valence-electron chi connectivity index (χ0n) is 6.75. The summed E-state index contributed by atoms with van der Waals surface area (Å²) in [6, 6.07) is 1.31. The third-order valence-electron chi connectivity index (χ3n) is 1.48. The van der Waals surface area contributed by atoms with Gasteiger partial charge in [0.1, 0.15) is 5.82 Å². The van der Waals surface area contributed by atoms with Gasteiger partial charge in [-0.3, -0.25) is 4.98 Å². The first kappa shape index (κ1) is 9.09. The van der Waals surface area contributed by atoms with Crippen molar-refractivity contribution in [3.63, 3.8) is 0 Å². The largest absolute Gasteiger partial charge is 0.390 e. The second-order valence-electron chi connectivity index (χ2n) is 2.35. The number of aromatic nitrogens is 1. The number of aliphatic hydroxyl groups excluding tert-OH is 1. The van der Waals surface area contributed by atoms with Crippen LogP contribution in [0, 0.1) is 5.82 Å². The molecule has 1 rings (SSSR count). The molecular formula is C8H10FNO2. The SMILES string of the molecule is COCc1cc(F)cnc1CO. The van der Waals surface area contributed by atoms with E-state index >= 15 is 0 Å². The predicted octanol–water partition coefficient (Wildman–Crippen LogP) is 0.859. The highest BCUT2D eigenvalue weighted by molar-refractivity contribution is 5.19. The van der Waals surface area contributed by atoms with Gasteiger partial charge >= 0.3 is 0 Å². The lowest BCUT2D eigenvalue weighted by atomic mass is 10.2. The van der Waals surface area contributed by atoms with Gasteiger partial charge in [-0.25, -0.2) is 4.39 Å². The van der Waals surface area contributed by atoms with E-state index in [1.54, 1.807) is 0 Å². The lowest BCUT2D eigenvalue weighted by Crippen LogP contribution is -2.00. The molecule has 1 aromatic rings. The van der Waals surface area contributed by atoms with Gasteiger partial charge < -0.3 is 9.84 Å². The van der Waals surface area contributed by atoms with Crippen molar-refractivity contribution in [3.8, 4) is 0 Å². The Kier molecular flexibility index (Phi) is 3.13. The lowest BCUT2D eigenvalue weighted by molar-refractivity contribution is 0.180. The summed E-state index contributed by atoms with van der Waals surface area (Å²) in [6.07, 6.45) is 1.07. The van der Waals surface area contributed by atoms with E-state index in [0.717, 1.165) is 6.20 Å². The van der Waals surface area contributed by atoms with Crippen LogP contribution in [0.5, 0.6) is 0 Å². The molecule has 0 aromatic carbocycles. The van der Waals surface area contributed by atoms with Crippen LogP contribution in [0.1, 0.15) is 11.3 Å². The third kappa shape index (κ3) is 1.99. The van der Waals surface area contributed by atoms with Gasteiger partial charge in [-0.1, -0.05) is 0 Å². The molecule has 0 fully saturated rings. The molecular weight excluding hydrogens is 161 g/mol. The van der Waals surface area contributed by atoms with Gasteiger partial charge in [-0.2, -0.15) is 0 Å². The molecule has 1 N–H and O–H groups in total. The van der Waals surface area contributed by atoms with Crippen molar-refractivity contribution in [2.75, 3.05) is 7.11 Å². The van der Waals surface area contributed by atoms with Crippen molar-refractivity contribution < 1.29 is 14.2 Å². The normalized spacial score (nSPS) is 10.2. The van der Waals surface area contributed by atoms with Crippen molar-refractivity contribution >= 4 is 0 Å². The summed E-state index contributed by atoms with van der Waals surface area (Å²) >= 11 is 0. The standard InChI is InChI=1S/C8H10FNO2/c1-12-5-6-2-7(9)3-10-8(6)4-11/h2-3,11H,4-5H2,1H3. The van der Waals surface area contributed by atoms with Crippen LogP contribution in [0.15, 0.2) is 12.3 Å². The van der Waals surface area contributed by atoms with Gasteiger partial charge in [0, 0.05) is 12.7 Å². The Morgan fingerprint density at radius 1 is 1.67 bits per heavy atom. The Morgan fingerprint density at radius 2 is 2.42 bits per heavy atom. The number of methoxy groups -OCH3 is 1. The maximum atomic E-state index is 12.6. The van der Waals surface area contributed by atoms with Crippen molar-refractivity contribution in [2.24, 2.45) is 0 Å². The molecule has 0 bridgehead atoms. The fourth-order valence-corrected chi connectivity index (χ4v) is 0.932. The summed E-state index contributed by atoms with van der Waals surface area (Å²) in [4.78, 5) is 3.71. The molecule has 1 heterocycles. The first-order valence-corrected chi connectivity index (χ1v) is 3.51. The van der Waals surface area contributed by atoms with Gasteiger partial charge in [-0.05, 0) is 6.07 Å². The zero-order valence-corrected chi connectivity index (χ0v) is 6.75.